The number of hydrogen-bond acceptors (Lipinski definition) is 7. The average molecular weight is 336 g/mol. The second kappa shape index (κ2) is 6.83. The van der Waals surface area contributed by atoms with E-state index < -0.39 is 16.4 Å². The number of piperazine rings is 1. The highest BCUT2D eigenvalue weighted by Gasteiger charge is 2.28. The summed E-state index contributed by atoms with van der Waals surface area (Å²) in [5, 5.41) is 15.1. The van der Waals surface area contributed by atoms with Crippen LogP contribution in [-0.4, -0.2) is 48.3 Å². The van der Waals surface area contributed by atoms with Crippen LogP contribution in [0.25, 0.3) is 0 Å². The van der Waals surface area contributed by atoms with E-state index in [2.05, 4.69) is 10.1 Å². The molecule has 1 saturated heterocycles. The van der Waals surface area contributed by atoms with Crippen molar-refractivity contribution in [2.24, 2.45) is 0 Å². The maximum atomic E-state index is 14.1. The van der Waals surface area contributed by atoms with E-state index in [9.17, 15) is 14.5 Å². The topological polar surface area (TPSA) is 84.9 Å². The van der Waals surface area contributed by atoms with Gasteiger partial charge in [0.15, 0.2) is 0 Å². The molecule has 1 aromatic carbocycles. The number of rotatable bonds is 5. The Labute approximate surface area is 137 Å². The number of benzene rings is 1. The van der Waals surface area contributed by atoms with E-state index in [1.165, 1.54) is 19.4 Å². The number of nitrogens with zero attached hydrogens (tertiary/aromatic N) is 4. The third-order valence-corrected chi connectivity index (χ3v) is 4.02. The van der Waals surface area contributed by atoms with Crippen LogP contribution in [0.5, 0.6) is 5.75 Å². The highest BCUT2D eigenvalue weighted by molar-refractivity contribution is 5.66. The van der Waals surface area contributed by atoms with Crippen LogP contribution in [0.1, 0.15) is 5.69 Å². The fourth-order valence-electron chi connectivity index (χ4n) is 2.80. The number of nitro groups is 1. The van der Waals surface area contributed by atoms with E-state index in [4.69, 9.17) is 9.26 Å². The lowest BCUT2D eigenvalue weighted by molar-refractivity contribution is -0.386. The SMILES string of the molecule is COc1cc(F)c([N+](=O)[O-])c(N2CCN(Cc3ccon3)CC2)c1. The predicted molar refractivity (Wildman–Crippen MR) is 83.6 cm³/mol. The Morgan fingerprint density at radius 3 is 2.71 bits per heavy atom. The molecule has 1 aliphatic rings. The van der Waals surface area contributed by atoms with Crippen molar-refractivity contribution >= 4 is 11.4 Å². The van der Waals surface area contributed by atoms with Gasteiger partial charge in [0.05, 0.1) is 17.7 Å². The molecule has 0 aliphatic carbocycles. The fraction of sp³-hybridized carbons (Fsp3) is 0.400. The van der Waals surface area contributed by atoms with Crippen LogP contribution in [-0.2, 0) is 6.54 Å². The molecular formula is C15H17FN4O4. The Balaban J connectivity index is 1.76. The summed E-state index contributed by atoms with van der Waals surface area (Å²) in [6.45, 7) is 3.11. The van der Waals surface area contributed by atoms with E-state index in [1.54, 1.807) is 6.07 Å². The quantitative estimate of drug-likeness (QED) is 0.610. The summed E-state index contributed by atoms with van der Waals surface area (Å²) in [4.78, 5) is 14.5. The van der Waals surface area contributed by atoms with Crippen LogP contribution in [0.2, 0.25) is 0 Å². The Kier molecular flexibility index (Phi) is 4.61. The summed E-state index contributed by atoms with van der Waals surface area (Å²) in [6.07, 6.45) is 1.52. The van der Waals surface area contributed by atoms with Crippen molar-refractivity contribution in [2.45, 2.75) is 6.54 Å². The summed E-state index contributed by atoms with van der Waals surface area (Å²) < 4.78 is 23.9. The van der Waals surface area contributed by atoms with Gasteiger partial charge in [0, 0.05) is 50.9 Å². The van der Waals surface area contributed by atoms with Crippen molar-refractivity contribution in [3.63, 3.8) is 0 Å². The lowest BCUT2D eigenvalue weighted by Gasteiger charge is -2.35. The van der Waals surface area contributed by atoms with Gasteiger partial charge in [0.1, 0.15) is 17.7 Å². The number of halogens is 1. The first kappa shape index (κ1) is 16.2. The molecule has 0 spiro atoms. The molecule has 0 N–H and O–H groups in total. The molecule has 8 nitrogen and oxygen atoms in total. The van der Waals surface area contributed by atoms with E-state index in [1.807, 2.05) is 4.90 Å². The summed E-state index contributed by atoms with van der Waals surface area (Å²) in [7, 11) is 1.40. The number of anilines is 1. The molecule has 3 rings (SSSR count). The lowest BCUT2D eigenvalue weighted by Crippen LogP contribution is -2.46. The summed E-state index contributed by atoms with van der Waals surface area (Å²) in [5.74, 6) is -0.627. The second-order valence-electron chi connectivity index (χ2n) is 5.49. The van der Waals surface area contributed by atoms with Gasteiger partial charge in [0.25, 0.3) is 0 Å². The van der Waals surface area contributed by atoms with Gasteiger partial charge in [-0.1, -0.05) is 5.16 Å². The Morgan fingerprint density at radius 1 is 1.38 bits per heavy atom. The first-order chi connectivity index (χ1) is 11.6. The molecule has 24 heavy (non-hydrogen) atoms. The molecule has 1 aliphatic heterocycles. The van der Waals surface area contributed by atoms with E-state index in [-0.39, 0.29) is 11.4 Å². The van der Waals surface area contributed by atoms with Crippen LogP contribution < -0.4 is 9.64 Å². The molecule has 0 atom stereocenters. The third-order valence-electron chi connectivity index (χ3n) is 4.02. The number of hydrogen-bond donors (Lipinski definition) is 0. The molecule has 1 fully saturated rings. The summed E-state index contributed by atoms with van der Waals surface area (Å²) in [5.41, 5.74) is 0.570. The van der Waals surface area contributed by atoms with Crippen molar-refractivity contribution < 1.29 is 18.6 Å². The largest absolute Gasteiger partial charge is 0.497 e. The van der Waals surface area contributed by atoms with Gasteiger partial charge >= 0.3 is 5.69 Å². The minimum absolute atomic E-state index is 0.248. The molecular weight excluding hydrogens is 319 g/mol. The average Bonchev–Trinajstić information content (AvgIpc) is 3.07. The highest BCUT2D eigenvalue weighted by Crippen LogP contribution is 2.35. The molecule has 0 radical (unpaired) electrons. The van der Waals surface area contributed by atoms with E-state index in [0.29, 0.717) is 32.7 Å². The van der Waals surface area contributed by atoms with Gasteiger partial charge in [-0.15, -0.1) is 0 Å². The van der Waals surface area contributed by atoms with Crippen molar-refractivity contribution in [1.29, 1.82) is 0 Å². The fourth-order valence-corrected chi connectivity index (χ4v) is 2.80. The molecule has 0 amide bonds. The second-order valence-corrected chi connectivity index (χ2v) is 5.49. The monoisotopic (exact) mass is 336 g/mol. The minimum Gasteiger partial charge on any atom is -0.497 e. The number of nitro benzene ring substituents is 1. The van der Waals surface area contributed by atoms with E-state index >= 15 is 0 Å². The Morgan fingerprint density at radius 2 is 2.12 bits per heavy atom. The number of ether oxygens (including phenoxy) is 1. The molecule has 128 valence electrons. The maximum absolute atomic E-state index is 14.1. The molecule has 9 heteroatoms. The number of methoxy groups -OCH3 is 1. The molecule has 1 aromatic heterocycles. The smallest absolute Gasteiger partial charge is 0.328 e. The first-order valence-corrected chi connectivity index (χ1v) is 7.47. The number of aromatic nitrogens is 1. The zero-order valence-electron chi connectivity index (χ0n) is 13.1. The van der Waals surface area contributed by atoms with Crippen molar-refractivity contribution in [1.82, 2.24) is 10.1 Å². The normalized spacial score (nSPS) is 15.5. The maximum Gasteiger partial charge on any atom is 0.328 e. The van der Waals surface area contributed by atoms with Gasteiger partial charge in [0.2, 0.25) is 5.82 Å². The Bertz CT molecular complexity index is 715. The third kappa shape index (κ3) is 3.30. The van der Waals surface area contributed by atoms with Crippen molar-refractivity contribution in [3.8, 4) is 5.75 Å². The Hall–Kier alpha value is -2.68. The van der Waals surface area contributed by atoms with E-state index in [0.717, 1.165) is 11.8 Å². The lowest BCUT2D eigenvalue weighted by atomic mass is 10.2. The standard InChI is InChI=1S/C15H17FN4O4/c1-23-12-8-13(16)15(20(21)22)14(9-12)19-5-3-18(4-6-19)10-11-2-7-24-17-11/h2,7-9H,3-6,10H2,1H3. The molecule has 0 unspecified atom stereocenters. The molecule has 2 aromatic rings. The molecule has 0 saturated carbocycles. The predicted octanol–water partition coefficient (Wildman–Crippen LogP) is 2.05. The molecule has 0 bridgehead atoms. The van der Waals surface area contributed by atoms with Crippen LogP contribution in [0, 0.1) is 15.9 Å². The minimum atomic E-state index is -0.889. The van der Waals surface area contributed by atoms with Gasteiger partial charge < -0.3 is 14.2 Å². The highest BCUT2D eigenvalue weighted by atomic mass is 19.1. The first-order valence-electron chi connectivity index (χ1n) is 7.47. The summed E-state index contributed by atoms with van der Waals surface area (Å²) in [6, 6.07) is 4.34. The van der Waals surface area contributed by atoms with Crippen LogP contribution in [0.15, 0.2) is 29.0 Å². The van der Waals surface area contributed by atoms with Gasteiger partial charge in [-0.2, -0.15) is 4.39 Å². The summed E-state index contributed by atoms with van der Waals surface area (Å²) >= 11 is 0. The van der Waals surface area contributed by atoms with Crippen LogP contribution in [0.4, 0.5) is 15.8 Å². The van der Waals surface area contributed by atoms with Crippen LogP contribution in [0.3, 0.4) is 0 Å². The van der Waals surface area contributed by atoms with Crippen molar-refractivity contribution in [3.05, 3.63) is 46.1 Å². The van der Waals surface area contributed by atoms with Crippen molar-refractivity contribution in [2.75, 3.05) is 38.2 Å². The zero-order valence-corrected chi connectivity index (χ0v) is 13.1. The van der Waals surface area contributed by atoms with Gasteiger partial charge in [-0.05, 0) is 0 Å². The van der Waals surface area contributed by atoms with Crippen LogP contribution >= 0.6 is 0 Å². The molecule has 2 heterocycles. The van der Waals surface area contributed by atoms with Gasteiger partial charge in [-0.3, -0.25) is 15.0 Å². The zero-order chi connectivity index (χ0) is 17.1. The van der Waals surface area contributed by atoms with Gasteiger partial charge in [-0.25, -0.2) is 0 Å².